The van der Waals surface area contributed by atoms with Crippen LogP contribution in [0, 0.1) is 6.92 Å². The fourth-order valence-electron chi connectivity index (χ4n) is 2.59. The molecule has 1 unspecified atom stereocenters. The van der Waals surface area contributed by atoms with E-state index in [1.165, 1.54) is 0 Å². The molecule has 1 N–H and O–H groups in total. The Morgan fingerprint density at radius 3 is 2.85 bits per heavy atom. The van der Waals surface area contributed by atoms with Gasteiger partial charge in [-0.25, -0.2) is 0 Å². The molecule has 0 fully saturated rings. The van der Waals surface area contributed by atoms with Gasteiger partial charge < -0.3 is 9.73 Å². The van der Waals surface area contributed by atoms with Crippen molar-refractivity contribution in [2.45, 2.75) is 19.9 Å². The third kappa shape index (κ3) is 2.12. The Hall–Kier alpha value is -2.07. The van der Waals surface area contributed by atoms with Gasteiger partial charge in [-0.15, -0.1) is 0 Å². The first-order chi connectivity index (χ1) is 9.70. The summed E-state index contributed by atoms with van der Waals surface area (Å²) in [6.45, 7) is 5.03. The van der Waals surface area contributed by atoms with E-state index in [1.54, 1.807) is 0 Å². The molecule has 3 aromatic rings. The average Bonchev–Trinajstić information content (AvgIpc) is 3.03. The number of nitrogens with one attached hydrogen (secondary N) is 1. The van der Waals surface area contributed by atoms with Crippen LogP contribution in [0.25, 0.3) is 11.0 Å². The van der Waals surface area contributed by atoms with Gasteiger partial charge in [-0.2, -0.15) is 5.10 Å². The number of para-hydroxylation sites is 1. The molecular formula is C16H19N3O. The molecule has 0 aliphatic heterocycles. The molecule has 104 valence electrons. The first-order valence-electron chi connectivity index (χ1n) is 6.91. The minimum Gasteiger partial charge on any atom is -0.459 e. The lowest BCUT2D eigenvalue weighted by Crippen LogP contribution is -2.23. The van der Waals surface area contributed by atoms with Gasteiger partial charge in [0.2, 0.25) is 0 Å². The van der Waals surface area contributed by atoms with Crippen LogP contribution in [0.15, 0.2) is 40.9 Å². The van der Waals surface area contributed by atoms with E-state index in [1.807, 2.05) is 24.0 Å². The van der Waals surface area contributed by atoms with Crippen LogP contribution < -0.4 is 5.32 Å². The second-order valence-electron chi connectivity index (χ2n) is 5.01. The molecule has 2 heterocycles. The maximum Gasteiger partial charge on any atom is 0.137 e. The molecular weight excluding hydrogens is 250 g/mol. The Labute approximate surface area is 118 Å². The first-order valence-corrected chi connectivity index (χ1v) is 6.91. The Morgan fingerprint density at radius 2 is 2.20 bits per heavy atom. The highest BCUT2D eigenvalue weighted by Gasteiger charge is 2.20. The van der Waals surface area contributed by atoms with Gasteiger partial charge in [-0.05, 0) is 31.2 Å². The molecule has 2 aromatic heterocycles. The first kappa shape index (κ1) is 12.9. The third-order valence-corrected chi connectivity index (χ3v) is 3.61. The molecule has 0 bridgehead atoms. The van der Waals surface area contributed by atoms with E-state index in [0.29, 0.717) is 0 Å². The standard InChI is InChI=1S/C16H19N3O/c1-4-17-15(13-8-9-18-19(13)3)14-10-12-7-5-6-11(2)16(12)20-14/h5-10,15,17H,4H2,1-3H3. The van der Waals surface area contributed by atoms with Gasteiger partial charge in [0.1, 0.15) is 17.4 Å². The van der Waals surface area contributed by atoms with Crippen LogP contribution in [-0.2, 0) is 7.05 Å². The molecule has 4 heteroatoms. The van der Waals surface area contributed by atoms with Crippen LogP contribution in [0.4, 0.5) is 0 Å². The number of aryl methyl sites for hydroxylation is 2. The number of nitrogens with zero attached hydrogens (tertiary/aromatic N) is 2. The monoisotopic (exact) mass is 269 g/mol. The van der Waals surface area contributed by atoms with E-state index in [0.717, 1.165) is 34.5 Å². The predicted molar refractivity (Wildman–Crippen MR) is 79.7 cm³/mol. The van der Waals surface area contributed by atoms with Crippen LogP contribution >= 0.6 is 0 Å². The van der Waals surface area contributed by atoms with Gasteiger partial charge in [-0.3, -0.25) is 4.68 Å². The molecule has 1 atom stereocenters. The predicted octanol–water partition coefficient (Wildman–Crippen LogP) is 3.17. The Morgan fingerprint density at radius 1 is 1.35 bits per heavy atom. The SMILES string of the molecule is CCNC(c1cc2cccc(C)c2o1)c1ccnn1C. The highest BCUT2D eigenvalue weighted by molar-refractivity contribution is 5.81. The smallest absolute Gasteiger partial charge is 0.137 e. The van der Waals surface area contributed by atoms with Crippen molar-refractivity contribution in [1.82, 2.24) is 15.1 Å². The summed E-state index contributed by atoms with van der Waals surface area (Å²) < 4.78 is 7.97. The Kier molecular flexibility index (Phi) is 3.32. The molecule has 1 aromatic carbocycles. The summed E-state index contributed by atoms with van der Waals surface area (Å²) in [6.07, 6.45) is 1.81. The van der Waals surface area contributed by atoms with Crippen LogP contribution in [0.3, 0.4) is 0 Å². The number of furan rings is 1. The number of aromatic nitrogens is 2. The maximum absolute atomic E-state index is 6.09. The molecule has 3 rings (SSSR count). The molecule has 0 amide bonds. The summed E-state index contributed by atoms with van der Waals surface area (Å²) in [7, 11) is 1.95. The largest absolute Gasteiger partial charge is 0.459 e. The van der Waals surface area contributed by atoms with Crippen molar-refractivity contribution in [3.8, 4) is 0 Å². The van der Waals surface area contributed by atoms with Crippen molar-refractivity contribution in [3.05, 3.63) is 53.5 Å². The Bertz CT molecular complexity index is 726. The lowest BCUT2D eigenvalue weighted by Gasteiger charge is -2.15. The van der Waals surface area contributed by atoms with E-state index in [4.69, 9.17) is 4.42 Å². The summed E-state index contributed by atoms with van der Waals surface area (Å²) in [5.41, 5.74) is 3.23. The summed E-state index contributed by atoms with van der Waals surface area (Å²) in [6, 6.07) is 10.4. The zero-order chi connectivity index (χ0) is 14.1. The summed E-state index contributed by atoms with van der Waals surface area (Å²) in [5.74, 6) is 0.930. The van der Waals surface area contributed by atoms with Crippen molar-refractivity contribution < 1.29 is 4.42 Å². The molecule has 0 saturated carbocycles. The van der Waals surface area contributed by atoms with Crippen molar-refractivity contribution in [1.29, 1.82) is 0 Å². The van der Waals surface area contributed by atoms with Gasteiger partial charge >= 0.3 is 0 Å². The average molecular weight is 269 g/mol. The van der Waals surface area contributed by atoms with Crippen molar-refractivity contribution >= 4 is 11.0 Å². The minimum absolute atomic E-state index is 0.0271. The van der Waals surface area contributed by atoms with Crippen molar-refractivity contribution in [2.24, 2.45) is 7.05 Å². The lowest BCUT2D eigenvalue weighted by atomic mass is 10.1. The number of hydrogen-bond donors (Lipinski definition) is 1. The van der Waals surface area contributed by atoms with E-state index in [9.17, 15) is 0 Å². The Balaban J connectivity index is 2.10. The fourth-order valence-corrected chi connectivity index (χ4v) is 2.59. The number of benzene rings is 1. The zero-order valence-corrected chi connectivity index (χ0v) is 12.1. The van der Waals surface area contributed by atoms with Crippen molar-refractivity contribution in [3.63, 3.8) is 0 Å². The van der Waals surface area contributed by atoms with Gasteiger partial charge in [0.05, 0.1) is 5.69 Å². The topological polar surface area (TPSA) is 43.0 Å². The number of hydrogen-bond acceptors (Lipinski definition) is 3. The van der Waals surface area contributed by atoms with Gasteiger partial charge in [0.15, 0.2) is 0 Å². The molecule has 0 aliphatic carbocycles. The van der Waals surface area contributed by atoms with Gasteiger partial charge in [-0.1, -0.05) is 25.1 Å². The maximum atomic E-state index is 6.09. The summed E-state index contributed by atoms with van der Waals surface area (Å²) >= 11 is 0. The molecule has 20 heavy (non-hydrogen) atoms. The normalized spacial score (nSPS) is 12.9. The second kappa shape index (κ2) is 5.13. The summed E-state index contributed by atoms with van der Waals surface area (Å²) in [5, 5.41) is 8.86. The molecule has 4 nitrogen and oxygen atoms in total. The molecule has 0 saturated heterocycles. The highest BCUT2D eigenvalue weighted by Crippen LogP contribution is 2.29. The molecule has 0 radical (unpaired) electrons. The van der Waals surface area contributed by atoms with Crippen LogP contribution in [-0.4, -0.2) is 16.3 Å². The van der Waals surface area contributed by atoms with Gasteiger partial charge in [0.25, 0.3) is 0 Å². The number of rotatable bonds is 4. The lowest BCUT2D eigenvalue weighted by molar-refractivity contribution is 0.458. The van der Waals surface area contributed by atoms with Crippen molar-refractivity contribution in [2.75, 3.05) is 6.54 Å². The highest BCUT2D eigenvalue weighted by atomic mass is 16.3. The minimum atomic E-state index is 0.0271. The van der Waals surface area contributed by atoms with E-state index in [2.05, 4.69) is 48.5 Å². The van der Waals surface area contributed by atoms with E-state index < -0.39 is 0 Å². The van der Waals surface area contributed by atoms with E-state index in [-0.39, 0.29) is 6.04 Å². The molecule has 0 spiro atoms. The van der Waals surface area contributed by atoms with Gasteiger partial charge in [0, 0.05) is 18.6 Å². The van der Waals surface area contributed by atoms with Crippen LogP contribution in [0.1, 0.15) is 30.0 Å². The summed E-state index contributed by atoms with van der Waals surface area (Å²) in [4.78, 5) is 0. The molecule has 0 aliphatic rings. The van der Waals surface area contributed by atoms with Crippen LogP contribution in [0.2, 0.25) is 0 Å². The quantitative estimate of drug-likeness (QED) is 0.791. The van der Waals surface area contributed by atoms with Crippen LogP contribution in [0.5, 0.6) is 0 Å². The zero-order valence-electron chi connectivity index (χ0n) is 12.1. The van der Waals surface area contributed by atoms with E-state index >= 15 is 0 Å². The number of fused-ring (bicyclic) bond motifs is 1. The fraction of sp³-hybridized carbons (Fsp3) is 0.312. The third-order valence-electron chi connectivity index (χ3n) is 3.61. The second-order valence-corrected chi connectivity index (χ2v) is 5.01.